The highest BCUT2D eigenvalue weighted by Crippen LogP contribution is 2.18. The lowest BCUT2D eigenvalue weighted by molar-refractivity contribution is 0.501. The fraction of sp³-hybridized carbons (Fsp3) is 0.222. The molecule has 3 rings (SSSR count). The van der Waals surface area contributed by atoms with Gasteiger partial charge in [0.1, 0.15) is 5.82 Å². The smallest absolute Gasteiger partial charge is 0.247 e. The fourth-order valence-corrected chi connectivity index (χ4v) is 3.48. The van der Waals surface area contributed by atoms with E-state index in [-0.39, 0.29) is 30.4 Å². The van der Waals surface area contributed by atoms with Gasteiger partial charge >= 0.3 is 0 Å². The fourth-order valence-electron chi connectivity index (χ4n) is 2.33. The van der Waals surface area contributed by atoms with Gasteiger partial charge < -0.3 is 4.42 Å². The zero-order valence-electron chi connectivity index (χ0n) is 14.1. The topological polar surface area (TPSA) is 85.1 Å². The number of sulfonamides is 1. The molecule has 136 valence electrons. The molecule has 0 radical (unpaired) electrons. The van der Waals surface area contributed by atoms with Crippen molar-refractivity contribution in [1.82, 2.24) is 14.9 Å². The normalized spacial score (nSPS) is 11.6. The lowest BCUT2D eigenvalue weighted by Gasteiger charge is -2.06. The summed E-state index contributed by atoms with van der Waals surface area (Å²) >= 11 is 0. The second kappa shape index (κ2) is 7.76. The number of aromatic nitrogens is 2. The lowest BCUT2D eigenvalue weighted by atomic mass is 10.2. The van der Waals surface area contributed by atoms with Crippen molar-refractivity contribution in [2.75, 3.05) is 6.54 Å². The molecule has 0 aliphatic carbocycles. The van der Waals surface area contributed by atoms with E-state index >= 15 is 0 Å². The number of hydrogen-bond acceptors (Lipinski definition) is 5. The summed E-state index contributed by atoms with van der Waals surface area (Å²) in [5.74, 6) is 0.138. The van der Waals surface area contributed by atoms with Gasteiger partial charge in [0, 0.05) is 18.5 Å². The minimum Gasteiger partial charge on any atom is -0.421 e. The minimum absolute atomic E-state index is 0.0854. The summed E-state index contributed by atoms with van der Waals surface area (Å²) in [5, 5.41) is 7.77. The Bertz CT molecular complexity index is 968. The van der Waals surface area contributed by atoms with Crippen molar-refractivity contribution >= 4 is 10.0 Å². The van der Waals surface area contributed by atoms with Gasteiger partial charge in [0.25, 0.3) is 0 Å². The molecule has 1 N–H and O–H groups in total. The van der Waals surface area contributed by atoms with Crippen LogP contribution < -0.4 is 4.72 Å². The van der Waals surface area contributed by atoms with Gasteiger partial charge in [-0.3, -0.25) is 0 Å². The van der Waals surface area contributed by atoms with Gasteiger partial charge in [0.05, 0.1) is 5.75 Å². The molecule has 0 unspecified atom stereocenters. The quantitative estimate of drug-likeness (QED) is 0.686. The van der Waals surface area contributed by atoms with Crippen molar-refractivity contribution in [3.8, 4) is 11.5 Å². The van der Waals surface area contributed by atoms with Crippen LogP contribution in [0.25, 0.3) is 11.5 Å². The molecular weight excluding hydrogens is 357 g/mol. The van der Waals surface area contributed by atoms with E-state index in [1.807, 2.05) is 19.1 Å². The van der Waals surface area contributed by atoms with Crippen LogP contribution in [0.4, 0.5) is 4.39 Å². The summed E-state index contributed by atoms with van der Waals surface area (Å²) in [6.07, 6.45) is 0.265. The lowest BCUT2D eigenvalue weighted by Crippen LogP contribution is -2.27. The Morgan fingerprint density at radius 3 is 2.42 bits per heavy atom. The molecule has 6 nitrogen and oxygen atoms in total. The van der Waals surface area contributed by atoms with Crippen LogP contribution in [-0.4, -0.2) is 25.2 Å². The van der Waals surface area contributed by atoms with Crippen LogP contribution in [0.1, 0.15) is 17.0 Å². The zero-order chi connectivity index (χ0) is 18.6. The Hall–Kier alpha value is -2.58. The van der Waals surface area contributed by atoms with E-state index < -0.39 is 10.0 Å². The van der Waals surface area contributed by atoms with E-state index in [1.54, 1.807) is 12.1 Å². The summed E-state index contributed by atoms with van der Waals surface area (Å²) in [4.78, 5) is 0. The second-order valence-electron chi connectivity index (χ2n) is 5.90. The average Bonchev–Trinajstić information content (AvgIpc) is 3.06. The van der Waals surface area contributed by atoms with E-state index in [4.69, 9.17) is 4.42 Å². The Morgan fingerprint density at radius 2 is 1.73 bits per heavy atom. The van der Waals surface area contributed by atoms with Gasteiger partial charge in [-0.2, -0.15) is 0 Å². The largest absolute Gasteiger partial charge is 0.421 e. The van der Waals surface area contributed by atoms with Crippen molar-refractivity contribution < 1.29 is 17.2 Å². The first-order chi connectivity index (χ1) is 12.4. The Balaban J connectivity index is 1.54. The number of nitrogens with one attached hydrogen (secondary N) is 1. The van der Waals surface area contributed by atoms with Crippen LogP contribution in [0.15, 0.2) is 52.9 Å². The molecule has 0 aliphatic rings. The van der Waals surface area contributed by atoms with E-state index in [1.165, 1.54) is 24.3 Å². The molecule has 8 heteroatoms. The molecule has 1 heterocycles. The molecule has 0 saturated carbocycles. The number of halogens is 1. The molecule has 0 fully saturated rings. The predicted molar refractivity (Wildman–Crippen MR) is 95.2 cm³/mol. The maximum absolute atomic E-state index is 12.9. The summed E-state index contributed by atoms with van der Waals surface area (Å²) in [6.45, 7) is 2.10. The van der Waals surface area contributed by atoms with Crippen molar-refractivity contribution in [3.05, 3.63) is 71.4 Å². The van der Waals surface area contributed by atoms with Gasteiger partial charge in [-0.1, -0.05) is 29.8 Å². The Labute approximate surface area is 151 Å². The first-order valence-corrected chi connectivity index (χ1v) is 9.68. The highest BCUT2D eigenvalue weighted by Gasteiger charge is 2.13. The number of rotatable bonds is 7. The monoisotopic (exact) mass is 375 g/mol. The molecule has 0 spiro atoms. The van der Waals surface area contributed by atoms with Crippen molar-refractivity contribution in [1.29, 1.82) is 0 Å². The average molecular weight is 375 g/mol. The van der Waals surface area contributed by atoms with E-state index in [9.17, 15) is 12.8 Å². The van der Waals surface area contributed by atoms with Crippen LogP contribution in [0.3, 0.4) is 0 Å². The molecule has 0 amide bonds. The molecule has 0 atom stereocenters. The van der Waals surface area contributed by atoms with Gasteiger partial charge in [-0.15, -0.1) is 10.2 Å². The van der Waals surface area contributed by atoms with Crippen LogP contribution >= 0.6 is 0 Å². The van der Waals surface area contributed by atoms with Crippen LogP contribution in [0.2, 0.25) is 0 Å². The highest BCUT2D eigenvalue weighted by atomic mass is 32.2. The van der Waals surface area contributed by atoms with Crippen molar-refractivity contribution in [3.63, 3.8) is 0 Å². The zero-order valence-corrected chi connectivity index (χ0v) is 15.0. The van der Waals surface area contributed by atoms with Crippen molar-refractivity contribution in [2.24, 2.45) is 0 Å². The maximum atomic E-state index is 12.9. The third-order valence-corrected chi connectivity index (χ3v) is 5.05. The standard InChI is InChI=1S/C18H18FN3O3S/c1-13-2-4-14(5-3-13)12-26(23,24)20-11-10-17-21-22-18(25-17)15-6-8-16(19)9-7-15/h2-9,20H,10-12H2,1H3. The molecule has 3 aromatic rings. The Morgan fingerprint density at radius 1 is 1.04 bits per heavy atom. The molecule has 0 aliphatic heterocycles. The summed E-state index contributed by atoms with van der Waals surface area (Å²) in [6, 6.07) is 13.0. The van der Waals surface area contributed by atoms with Crippen LogP contribution in [0, 0.1) is 12.7 Å². The van der Waals surface area contributed by atoms with Crippen LogP contribution in [-0.2, 0) is 22.2 Å². The van der Waals surface area contributed by atoms with Gasteiger partial charge in [0.15, 0.2) is 0 Å². The summed E-state index contributed by atoms with van der Waals surface area (Å²) in [7, 11) is -3.45. The second-order valence-corrected chi connectivity index (χ2v) is 7.70. The highest BCUT2D eigenvalue weighted by molar-refractivity contribution is 7.88. The first-order valence-electron chi connectivity index (χ1n) is 8.02. The summed E-state index contributed by atoms with van der Waals surface area (Å²) in [5.41, 5.74) is 2.40. The van der Waals surface area contributed by atoms with E-state index in [2.05, 4.69) is 14.9 Å². The first kappa shape index (κ1) is 18.2. The SMILES string of the molecule is Cc1ccc(CS(=O)(=O)NCCc2nnc(-c3ccc(F)cc3)o2)cc1. The van der Waals surface area contributed by atoms with Gasteiger partial charge in [-0.05, 0) is 36.8 Å². The van der Waals surface area contributed by atoms with Crippen LogP contribution in [0.5, 0.6) is 0 Å². The molecule has 1 aromatic heterocycles. The molecular formula is C18H18FN3O3S. The Kier molecular flexibility index (Phi) is 5.43. The van der Waals surface area contributed by atoms with E-state index in [0.717, 1.165) is 11.1 Å². The molecule has 26 heavy (non-hydrogen) atoms. The van der Waals surface area contributed by atoms with Crippen molar-refractivity contribution in [2.45, 2.75) is 19.1 Å². The number of hydrogen-bond donors (Lipinski definition) is 1. The maximum Gasteiger partial charge on any atom is 0.247 e. The summed E-state index contributed by atoms with van der Waals surface area (Å²) < 4.78 is 45.2. The molecule has 2 aromatic carbocycles. The predicted octanol–water partition coefficient (Wildman–Crippen LogP) is 2.85. The minimum atomic E-state index is -3.45. The third kappa shape index (κ3) is 4.96. The number of aryl methyl sites for hydroxylation is 1. The number of nitrogens with zero attached hydrogens (tertiary/aromatic N) is 2. The molecule has 0 bridgehead atoms. The number of benzene rings is 2. The van der Waals surface area contributed by atoms with Gasteiger partial charge in [-0.25, -0.2) is 17.5 Å². The van der Waals surface area contributed by atoms with Gasteiger partial charge in [0.2, 0.25) is 21.8 Å². The third-order valence-electron chi connectivity index (χ3n) is 3.70. The van der Waals surface area contributed by atoms with E-state index in [0.29, 0.717) is 11.5 Å². The molecule has 0 saturated heterocycles.